The largest absolute Gasteiger partial charge is 0.326 e. The SMILES string of the molecule is O=C(CCN1C(=O)NC2(CCCC2)C1=O)Nc1ccc(C(=O)N2CCc3ccccc32)cc1. The molecule has 1 saturated heterocycles. The van der Waals surface area contributed by atoms with Gasteiger partial charge in [-0.15, -0.1) is 0 Å². The molecule has 5 rings (SSSR count). The maximum atomic E-state index is 12.9. The molecule has 0 radical (unpaired) electrons. The van der Waals surface area contributed by atoms with E-state index in [1.807, 2.05) is 24.3 Å². The van der Waals surface area contributed by atoms with Gasteiger partial charge in [-0.2, -0.15) is 0 Å². The van der Waals surface area contributed by atoms with Gasteiger partial charge in [0.2, 0.25) is 5.91 Å². The summed E-state index contributed by atoms with van der Waals surface area (Å²) in [4.78, 5) is 53.2. The lowest BCUT2D eigenvalue weighted by atomic mass is 9.98. The molecule has 2 aliphatic heterocycles. The van der Waals surface area contributed by atoms with E-state index in [0.29, 0.717) is 30.6 Å². The van der Waals surface area contributed by atoms with Crippen LogP contribution in [-0.2, 0) is 16.0 Å². The van der Waals surface area contributed by atoms with Gasteiger partial charge < -0.3 is 15.5 Å². The number of hydrogen-bond acceptors (Lipinski definition) is 4. The number of amides is 5. The van der Waals surface area contributed by atoms with Crippen molar-refractivity contribution in [3.63, 3.8) is 0 Å². The highest BCUT2D eigenvalue weighted by atomic mass is 16.2. The molecule has 8 nitrogen and oxygen atoms in total. The molecular formula is C25H26N4O4. The average Bonchev–Trinajstić information content (AvgIpc) is 3.52. The molecule has 0 atom stereocenters. The Bertz CT molecular complexity index is 1120. The molecule has 1 aliphatic carbocycles. The molecule has 0 bridgehead atoms. The molecule has 1 spiro atoms. The minimum Gasteiger partial charge on any atom is -0.326 e. The van der Waals surface area contributed by atoms with Gasteiger partial charge in [-0.1, -0.05) is 31.0 Å². The highest BCUT2D eigenvalue weighted by molar-refractivity contribution is 6.08. The third-order valence-electron chi connectivity index (χ3n) is 6.81. The summed E-state index contributed by atoms with van der Waals surface area (Å²) in [6.45, 7) is 0.698. The van der Waals surface area contributed by atoms with E-state index in [-0.39, 0.29) is 30.7 Å². The van der Waals surface area contributed by atoms with E-state index >= 15 is 0 Å². The zero-order chi connectivity index (χ0) is 23.0. The fraction of sp³-hybridized carbons (Fsp3) is 0.360. The van der Waals surface area contributed by atoms with Crippen molar-refractivity contribution in [3.8, 4) is 0 Å². The zero-order valence-electron chi connectivity index (χ0n) is 18.3. The lowest BCUT2D eigenvalue weighted by Gasteiger charge is -2.20. The molecule has 1 saturated carbocycles. The molecule has 8 heteroatoms. The van der Waals surface area contributed by atoms with E-state index in [4.69, 9.17) is 0 Å². The predicted molar refractivity (Wildman–Crippen MR) is 123 cm³/mol. The van der Waals surface area contributed by atoms with Crippen molar-refractivity contribution in [1.29, 1.82) is 0 Å². The van der Waals surface area contributed by atoms with Crippen LogP contribution in [0, 0.1) is 0 Å². The Morgan fingerprint density at radius 1 is 1.00 bits per heavy atom. The first kappa shape index (κ1) is 21.2. The van der Waals surface area contributed by atoms with E-state index in [1.165, 1.54) is 5.56 Å². The van der Waals surface area contributed by atoms with Crippen molar-refractivity contribution in [1.82, 2.24) is 10.2 Å². The van der Waals surface area contributed by atoms with Crippen molar-refractivity contribution >= 4 is 35.1 Å². The number of carbonyl (C=O) groups excluding carboxylic acids is 4. The van der Waals surface area contributed by atoms with Crippen molar-refractivity contribution in [2.24, 2.45) is 0 Å². The second-order valence-corrected chi connectivity index (χ2v) is 8.89. The van der Waals surface area contributed by atoms with Crippen molar-refractivity contribution in [3.05, 3.63) is 59.7 Å². The fourth-order valence-electron chi connectivity index (χ4n) is 5.03. The highest BCUT2D eigenvalue weighted by Gasteiger charge is 2.52. The molecule has 2 N–H and O–H groups in total. The normalized spacial score (nSPS) is 18.5. The Kier molecular flexibility index (Phi) is 5.36. The first-order chi connectivity index (χ1) is 16.0. The second-order valence-electron chi connectivity index (χ2n) is 8.89. The van der Waals surface area contributed by atoms with Crippen molar-refractivity contribution < 1.29 is 19.2 Å². The second kappa shape index (κ2) is 8.35. The van der Waals surface area contributed by atoms with Crippen LogP contribution in [0.15, 0.2) is 48.5 Å². The average molecular weight is 447 g/mol. The van der Waals surface area contributed by atoms with Crippen molar-refractivity contribution in [2.45, 2.75) is 44.1 Å². The Labute approximate surface area is 191 Å². The molecular weight excluding hydrogens is 420 g/mol. The zero-order valence-corrected chi connectivity index (χ0v) is 18.3. The van der Waals surface area contributed by atoms with Crippen LogP contribution < -0.4 is 15.5 Å². The van der Waals surface area contributed by atoms with Gasteiger partial charge in [0.05, 0.1) is 0 Å². The van der Waals surface area contributed by atoms with Gasteiger partial charge in [-0.05, 0) is 55.2 Å². The molecule has 33 heavy (non-hydrogen) atoms. The van der Waals surface area contributed by atoms with Crippen LogP contribution in [0.3, 0.4) is 0 Å². The first-order valence-corrected chi connectivity index (χ1v) is 11.4. The van der Waals surface area contributed by atoms with Crippen LogP contribution in [0.2, 0.25) is 0 Å². The number of hydrogen-bond donors (Lipinski definition) is 2. The smallest absolute Gasteiger partial charge is 0.325 e. The Hall–Kier alpha value is -3.68. The molecule has 2 aromatic carbocycles. The van der Waals surface area contributed by atoms with Crippen LogP contribution in [0.5, 0.6) is 0 Å². The maximum absolute atomic E-state index is 12.9. The summed E-state index contributed by atoms with van der Waals surface area (Å²) < 4.78 is 0. The summed E-state index contributed by atoms with van der Waals surface area (Å²) in [6.07, 6.45) is 4.02. The van der Waals surface area contributed by atoms with Crippen LogP contribution >= 0.6 is 0 Å². The highest BCUT2D eigenvalue weighted by Crippen LogP contribution is 2.35. The number of carbonyl (C=O) groups is 4. The number of benzene rings is 2. The molecule has 0 unspecified atom stereocenters. The van der Waals surface area contributed by atoms with Gasteiger partial charge in [0.25, 0.3) is 11.8 Å². The Morgan fingerprint density at radius 2 is 1.73 bits per heavy atom. The van der Waals surface area contributed by atoms with E-state index in [9.17, 15) is 19.2 Å². The molecule has 3 aliphatic rings. The van der Waals surface area contributed by atoms with Crippen LogP contribution in [0.4, 0.5) is 16.2 Å². The summed E-state index contributed by atoms with van der Waals surface area (Å²) in [6, 6.07) is 14.2. The fourth-order valence-corrected chi connectivity index (χ4v) is 5.03. The molecule has 170 valence electrons. The summed E-state index contributed by atoms with van der Waals surface area (Å²) in [5, 5.41) is 5.59. The van der Waals surface area contributed by atoms with Crippen LogP contribution in [0.1, 0.15) is 48.0 Å². The summed E-state index contributed by atoms with van der Waals surface area (Å²) in [7, 11) is 0. The summed E-state index contributed by atoms with van der Waals surface area (Å²) in [5.74, 6) is -0.586. The number of anilines is 2. The number of urea groups is 1. The lowest BCUT2D eigenvalue weighted by Crippen LogP contribution is -2.44. The maximum Gasteiger partial charge on any atom is 0.325 e. The number of nitrogens with zero attached hydrogens (tertiary/aromatic N) is 2. The van der Waals surface area contributed by atoms with Crippen LogP contribution in [-0.4, -0.2) is 47.3 Å². The third kappa shape index (κ3) is 3.86. The monoisotopic (exact) mass is 446 g/mol. The Morgan fingerprint density at radius 3 is 2.48 bits per heavy atom. The quantitative estimate of drug-likeness (QED) is 0.690. The Balaban J connectivity index is 1.16. The van der Waals surface area contributed by atoms with E-state index in [2.05, 4.69) is 10.6 Å². The predicted octanol–water partition coefficient (Wildman–Crippen LogP) is 3.08. The van der Waals surface area contributed by atoms with Gasteiger partial charge in [0.1, 0.15) is 5.54 Å². The minimum absolute atomic E-state index is 0.0144. The number of nitrogens with one attached hydrogen (secondary N) is 2. The van der Waals surface area contributed by atoms with Gasteiger partial charge in [0, 0.05) is 36.4 Å². The topological polar surface area (TPSA) is 98.8 Å². The number of imide groups is 1. The molecule has 2 fully saturated rings. The number of fused-ring (bicyclic) bond motifs is 1. The minimum atomic E-state index is -0.758. The lowest BCUT2D eigenvalue weighted by molar-refractivity contribution is -0.131. The third-order valence-corrected chi connectivity index (χ3v) is 6.81. The van der Waals surface area contributed by atoms with Gasteiger partial charge in [-0.3, -0.25) is 19.3 Å². The molecule has 2 heterocycles. The number of rotatable bonds is 5. The summed E-state index contributed by atoms with van der Waals surface area (Å²) >= 11 is 0. The molecule has 0 aromatic heterocycles. The summed E-state index contributed by atoms with van der Waals surface area (Å²) in [5.41, 5.74) is 2.46. The van der Waals surface area contributed by atoms with Crippen LogP contribution in [0.25, 0.3) is 0 Å². The first-order valence-electron chi connectivity index (χ1n) is 11.4. The van der Waals surface area contributed by atoms with Gasteiger partial charge in [0.15, 0.2) is 0 Å². The van der Waals surface area contributed by atoms with Gasteiger partial charge in [-0.25, -0.2) is 4.79 Å². The van der Waals surface area contributed by atoms with E-state index in [0.717, 1.165) is 29.8 Å². The van der Waals surface area contributed by atoms with Crippen molar-refractivity contribution in [2.75, 3.05) is 23.3 Å². The standard InChI is InChI=1S/C25H26N4O4/c30-21(12-16-29-23(32)25(27-24(29)33)13-3-4-14-25)26-19-9-7-18(8-10-19)22(31)28-15-11-17-5-1-2-6-20(17)28/h1-2,5-10H,3-4,11-16H2,(H,26,30)(H,27,33). The van der Waals surface area contributed by atoms with Gasteiger partial charge >= 0.3 is 6.03 Å². The number of para-hydroxylation sites is 1. The van der Waals surface area contributed by atoms with E-state index < -0.39 is 11.6 Å². The van der Waals surface area contributed by atoms with E-state index in [1.54, 1.807) is 29.2 Å². The molecule has 2 aromatic rings. The molecule has 5 amide bonds.